The second-order valence-electron chi connectivity index (χ2n) is 5.37. The van der Waals surface area contributed by atoms with Crippen LogP contribution in [0.5, 0.6) is 11.5 Å². The molecule has 4 nitrogen and oxygen atoms in total. The standard InChI is InChI=1S/C18H20BrNO3/c1-12(2)14-10-13(19)8-9-16(14)23-11-18(21)20-15-6-4-5-7-17(15)22-3/h4-10,12H,11H2,1-3H3,(H,20,21). The lowest BCUT2D eigenvalue weighted by atomic mass is 10.0. The number of carbonyl (C=O) groups excluding carboxylic acids is 1. The van der Waals surface area contributed by atoms with Gasteiger partial charge in [0.25, 0.3) is 5.91 Å². The number of benzene rings is 2. The van der Waals surface area contributed by atoms with Crippen molar-refractivity contribution < 1.29 is 14.3 Å². The minimum Gasteiger partial charge on any atom is -0.495 e. The number of halogens is 1. The molecule has 2 aromatic rings. The molecule has 2 rings (SSSR count). The van der Waals surface area contributed by atoms with Crippen LogP contribution in [0.4, 0.5) is 5.69 Å². The molecular weight excluding hydrogens is 358 g/mol. The number of ether oxygens (including phenoxy) is 2. The van der Waals surface area contributed by atoms with Gasteiger partial charge in [0.15, 0.2) is 6.61 Å². The van der Waals surface area contributed by atoms with E-state index in [1.165, 1.54) is 0 Å². The van der Waals surface area contributed by atoms with Gasteiger partial charge in [-0.15, -0.1) is 0 Å². The SMILES string of the molecule is COc1ccccc1NC(=O)COc1ccc(Br)cc1C(C)C. The van der Waals surface area contributed by atoms with E-state index < -0.39 is 0 Å². The molecule has 1 amide bonds. The fourth-order valence-electron chi connectivity index (χ4n) is 2.18. The highest BCUT2D eigenvalue weighted by Gasteiger charge is 2.12. The van der Waals surface area contributed by atoms with Crippen LogP contribution in [0.3, 0.4) is 0 Å². The monoisotopic (exact) mass is 377 g/mol. The second kappa shape index (κ2) is 8.02. The van der Waals surface area contributed by atoms with E-state index in [0.29, 0.717) is 17.4 Å². The molecule has 0 fully saturated rings. The lowest BCUT2D eigenvalue weighted by Crippen LogP contribution is -2.21. The molecule has 122 valence electrons. The minimum absolute atomic E-state index is 0.0561. The first kappa shape index (κ1) is 17.3. The molecule has 5 heteroatoms. The highest BCUT2D eigenvalue weighted by Crippen LogP contribution is 2.29. The maximum Gasteiger partial charge on any atom is 0.262 e. The van der Waals surface area contributed by atoms with E-state index in [0.717, 1.165) is 15.8 Å². The predicted molar refractivity (Wildman–Crippen MR) is 95.3 cm³/mol. The summed E-state index contributed by atoms with van der Waals surface area (Å²) in [6.07, 6.45) is 0. The Morgan fingerprint density at radius 3 is 2.61 bits per heavy atom. The molecule has 0 saturated heterocycles. The zero-order chi connectivity index (χ0) is 16.8. The Hall–Kier alpha value is -2.01. The van der Waals surface area contributed by atoms with Crippen LogP contribution in [-0.2, 0) is 4.79 Å². The maximum absolute atomic E-state index is 12.1. The van der Waals surface area contributed by atoms with Crippen LogP contribution in [0.15, 0.2) is 46.9 Å². The van der Waals surface area contributed by atoms with E-state index >= 15 is 0 Å². The molecule has 0 radical (unpaired) electrons. The van der Waals surface area contributed by atoms with Crippen LogP contribution in [0.25, 0.3) is 0 Å². The van der Waals surface area contributed by atoms with E-state index in [1.807, 2.05) is 30.3 Å². The van der Waals surface area contributed by atoms with Crippen molar-refractivity contribution in [3.05, 3.63) is 52.5 Å². The van der Waals surface area contributed by atoms with Gasteiger partial charge in [-0.3, -0.25) is 4.79 Å². The largest absolute Gasteiger partial charge is 0.495 e. The van der Waals surface area contributed by atoms with Crippen molar-refractivity contribution in [2.75, 3.05) is 19.0 Å². The van der Waals surface area contributed by atoms with Crippen molar-refractivity contribution in [1.29, 1.82) is 0 Å². The van der Waals surface area contributed by atoms with Crippen molar-refractivity contribution in [2.45, 2.75) is 19.8 Å². The summed E-state index contributed by atoms with van der Waals surface area (Å²) in [5.74, 6) is 1.41. The second-order valence-corrected chi connectivity index (χ2v) is 6.29. The van der Waals surface area contributed by atoms with Crippen LogP contribution >= 0.6 is 15.9 Å². The van der Waals surface area contributed by atoms with Gasteiger partial charge in [-0.1, -0.05) is 41.9 Å². The highest BCUT2D eigenvalue weighted by atomic mass is 79.9. The van der Waals surface area contributed by atoms with Gasteiger partial charge in [-0.05, 0) is 41.8 Å². The van der Waals surface area contributed by atoms with E-state index in [4.69, 9.17) is 9.47 Å². The lowest BCUT2D eigenvalue weighted by molar-refractivity contribution is -0.118. The normalized spacial score (nSPS) is 10.5. The van der Waals surface area contributed by atoms with Gasteiger partial charge in [-0.2, -0.15) is 0 Å². The fourth-order valence-corrected chi connectivity index (χ4v) is 2.56. The van der Waals surface area contributed by atoms with Crippen LogP contribution in [0, 0.1) is 0 Å². The molecule has 0 atom stereocenters. The van der Waals surface area contributed by atoms with Gasteiger partial charge >= 0.3 is 0 Å². The van der Waals surface area contributed by atoms with E-state index in [2.05, 4.69) is 35.1 Å². The molecule has 0 bridgehead atoms. The molecule has 0 heterocycles. The topological polar surface area (TPSA) is 47.6 Å². The summed E-state index contributed by atoms with van der Waals surface area (Å²) in [6.45, 7) is 4.12. The molecule has 0 aliphatic carbocycles. The lowest BCUT2D eigenvalue weighted by Gasteiger charge is -2.15. The first-order valence-corrected chi connectivity index (χ1v) is 8.15. The zero-order valence-corrected chi connectivity index (χ0v) is 15.0. The van der Waals surface area contributed by atoms with Crippen LogP contribution < -0.4 is 14.8 Å². The zero-order valence-electron chi connectivity index (χ0n) is 13.4. The smallest absolute Gasteiger partial charge is 0.262 e. The van der Waals surface area contributed by atoms with E-state index in [-0.39, 0.29) is 12.5 Å². The van der Waals surface area contributed by atoms with Gasteiger partial charge in [0.2, 0.25) is 0 Å². The Balaban J connectivity index is 2.02. The first-order chi connectivity index (χ1) is 11.0. The van der Waals surface area contributed by atoms with Crippen LogP contribution in [0.1, 0.15) is 25.3 Å². The van der Waals surface area contributed by atoms with Crippen molar-refractivity contribution in [1.82, 2.24) is 0 Å². The Kier molecular flexibility index (Phi) is 6.04. The Morgan fingerprint density at radius 1 is 1.17 bits per heavy atom. The van der Waals surface area contributed by atoms with Crippen molar-refractivity contribution >= 4 is 27.5 Å². The number of hydrogen-bond donors (Lipinski definition) is 1. The number of amides is 1. The van der Waals surface area contributed by atoms with E-state index in [9.17, 15) is 4.79 Å². The number of nitrogens with one attached hydrogen (secondary N) is 1. The molecule has 1 N–H and O–H groups in total. The third kappa shape index (κ3) is 4.73. The summed E-state index contributed by atoms with van der Waals surface area (Å²) in [5.41, 5.74) is 1.69. The molecule has 0 unspecified atom stereocenters. The predicted octanol–water partition coefficient (Wildman–Crippen LogP) is 4.60. The summed E-state index contributed by atoms with van der Waals surface area (Å²) in [5, 5.41) is 2.79. The van der Waals surface area contributed by atoms with Crippen LogP contribution in [-0.4, -0.2) is 19.6 Å². The van der Waals surface area contributed by atoms with Gasteiger partial charge < -0.3 is 14.8 Å². The average Bonchev–Trinajstić information content (AvgIpc) is 2.54. The molecule has 2 aromatic carbocycles. The van der Waals surface area contributed by atoms with Crippen molar-refractivity contribution in [2.24, 2.45) is 0 Å². The Morgan fingerprint density at radius 2 is 1.91 bits per heavy atom. The fraction of sp³-hybridized carbons (Fsp3) is 0.278. The average molecular weight is 378 g/mol. The molecular formula is C18H20BrNO3. The highest BCUT2D eigenvalue weighted by molar-refractivity contribution is 9.10. The molecule has 0 aromatic heterocycles. The molecule has 0 saturated carbocycles. The first-order valence-electron chi connectivity index (χ1n) is 7.36. The number of para-hydroxylation sites is 2. The molecule has 0 aliphatic rings. The summed E-state index contributed by atoms with van der Waals surface area (Å²) >= 11 is 3.46. The summed E-state index contributed by atoms with van der Waals surface area (Å²) in [4.78, 5) is 12.1. The van der Waals surface area contributed by atoms with Gasteiger partial charge in [0.05, 0.1) is 12.8 Å². The van der Waals surface area contributed by atoms with Crippen molar-refractivity contribution in [3.8, 4) is 11.5 Å². The molecule has 0 aliphatic heterocycles. The van der Waals surface area contributed by atoms with Gasteiger partial charge in [-0.25, -0.2) is 0 Å². The summed E-state index contributed by atoms with van der Waals surface area (Å²) in [6, 6.07) is 13.1. The number of anilines is 1. The van der Waals surface area contributed by atoms with Gasteiger partial charge in [0.1, 0.15) is 11.5 Å². The molecule has 0 spiro atoms. The minimum atomic E-state index is -0.230. The molecule has 23 heavy (non-hydrogen) atoms. The van der Waals surface area contributed by atoms with Gasteiger partial charge in [0, 0.05) is 4.47 Å². The Labute approximate surface area is 144 Å². The Bertz CT molecular complexity index is 686. The van der Waals surface area contributed by atoms with Crippen molar-refractivity contribution in [3.63, 3.8) is 0 Å². The number of methoxy groups -OCH3 is 1. The third-order valence-corrected chi connectivity index (χ3v) is 3.83. The third-order valence-electron chi connectivity index (χ3n) is 3.33. The quantitative estimate of drug-likeness (QED) is 0.799. The van der Waals surface area contributed by atoms with E-state index in [1.54, 1.807) is 19.2 Å². The summed E-state index contributed by atoms with van der Waals surface area (Å²) in [7, 11) is 1.57. The number of rotatable bonds is 6. The maximum atomic E-state index is 12.1. The number of carbonyl (C=O) groups is 1. The van der Waals surface area contributed by atoms with Crippen LogP contribution in [0.2, 0.25) is 0 Å². The summed E-state index contributed by atoms with van der Waals surface area (Å²) < 4.78 is 11.9. The number of hydrogen-bond acceptors (Lipinski definition) is 3.